The lowest BCUT2D eigenvalue weighted by Gasteiger charge is -2.21. The zero-order chi connectivity index (χ0) is 17.8. The first-order valence-electron chi connectivity index (χ1n) is 7.44. The molecule has 1 aromatic rings. The second kappa shape index (κ2) is 7.00. The van der Waals surface area contributed by atoms with Crippen molar-refractivity contribution in [2.24, 2.45) is 0 Å². The Balaban J connectivity index is 2.60. The minimum absolute atomic E-state index is 0.0317. The number of rotatable bonds is 6. The lowest BCUT2D eigenvalue weighted by atomic mass is 9.87. The van der Waals surface area contributed by atoms with Crippen LogP contribution in [0.5, 0.6) is 5.75 Å². The van der Waals surface area contributed by atoms with Crippen LogP contribution in [0.2, 0.25) is 0 Å². The first kappa shape index (κ1) is 19.0. The van der Waals surface area contributed by atoms with Gasteiger partial charge in [0.2, 0.25) is 0 Å². The highest BCUT2D eigenvalue weighted by atomic mass is 16.5. The number of carboxylic acid groups (broad SMARTS) is 1. The second-order valence-corrected chi connectivity index (χ2v) is 6.83. The first-order valence-corrected chi connectivity index (χ1v) is 7.44. The van der Waals surface area contributed by atoms with E-state index in [0.29, 0.717) is 5.75 Å². The van der Waals surface area contributed by atoms with Crippen molar-refractivity contribution in [2.75, 3.05) is 6.54 Å². The molecule has 0 aliphatic carbocycles. The third-order valence-electron chi connectivity index (χ3n) is 3.47. The minimum Gasteiger partial charge on any atom is -0.481 e. The Morgan fingerprint density at radius 2 is 1.70 bits per heavy atom. The molecular formula is C17H25NO5. The lowest BCUT2D eigenvalue weighted by molar-refractivity contribution is -0.156. The number of carbonyl (C=O) groups is 2. The topological polar surface area (TPSA) is 95.9 Å². The summed E-state index contributed by atoms with van der Waals surface area (Å²) in [5.41, 5.74) is -0.826. The highest BCUT2D eigenvalue weighted by molar-refractivity contribution is 5.82. The Morgan fingerprint density at radius 1 is 1.17 bits per heavy atom. The van der Waals surface area contributed by atoms with Crippen LogP contribution in [0.3, 0.4) is 0 Å². The summed E-state index contributed by atoms with van der Waals surface area (Å²) in [7, 11) is 0. The van der Waals surface area contributed by atoms with Gasteiger partial charge < -0.3 is 20.3 Å². The van der Waals surface area contributed by atoms with Crippen LogP contribution in [-0.2, 0) is 15.0 Å². The number of benzene rings is 1. The van der Waals surface area contributed by atoms with E-state index in [-0.39, 0.29) is 5.41 Å². The summed E-state index contributed by atoms with van der Waals surface area (Å²) >= 11 is 0. The van der Waals surface area contributed by atoms with E-state index in [1.165, 1.54) is 0 Å². The number of amides is 1. The minimum atomic E-state index is -2.01. The molecule has 128 valence electrons. The maximum atomic E-state index is 11.9. The molecule has 2 unspecified atom stereocenters. The van der Waals surface area contributed by atoms with E-state index in [4.69, 9.17) is 9.84 Å². The van der Waals surface area contributed by atoms with Crippen molar-refractivity contribution >= 4 is 11.9 Å². The van der Waals surface area contributed by atoms with Gasteiger partial charge >= 0.3 is 5.97 Å². The summed E-state index contributed by atoms with van der Waals surface area (Å²) in [6, 6.07) is 7.46. The summed E-state index contributed by atoms with van der Waals surface area (Å²) in [5, 5.41) is 20.7. The molecule has 0 heterocycles. The summed E-state index contributed by atoms with van der Waals surface area (Å²) in [6.07, 6.45) is -0.805. The third-order valence-corrected chi connectivity index (χ3v) is 3.47. The number of ether oxygens (including phenoxy) is 1. The van der Waals surface area contributed by atoms with Gasteiger partial charge in [0, 0.05) is 0 Å². The monoisotopic (exact) mass is 323 g/mol. The molecule has 0 fully saturated rings. The van der Waals surface area contributed by atoms with Gasteiger partial charge in [-0.05, 0) is 37.0 Å². The van der Waals surface area contributed by atoms with Crippen LogP contribution in [0.25, 0.3) is 0 Å². The number of hydrogen-bond acceptors (Lipinski definition) is 4. The Bertz CT molecular complexity index is 557. The molecule has 23 heavy (non-hydrogen) atoms. The average Bonchev–Trinajstić information content (AvgIpc) is 2.44. The Kier molecular flexibility index (Phi) is 5.77. The van der Waals surface area contributed by atoms with Gasteiger partial charge in [0.1, 0.15) is 5.75 Å². The molecule has 0 spiro atoms. The molecular weight excluding hydrogens is 298 g/mol. The zero-order valence-electron chi connectivity index (χ0n) is 14.2. The van der Waals surface area contributed by atoms with E-state index in [9.17, 15) is 14.7 Å². The second-order valence-electron chi connectivity index (χ2n) is 6.83. The van der Waals surface area contributed by atoms with Crippen LogP contribution in [0.15, 0.2) is 24.3 Å². The maximum absolute atomic E-state index is 11.9. The number of carbonyl (C=O) groups excluding carboxylic acids is 1. The number of carboxylic acids is 1. The summed E-state index contributed by atoms with van der Waals surface area (Å²) in [5.74, 6) is -1.35. The van der Waals surface area contributed by atoms with Gasteiger partial charge in [0.15, 0.2) is 11.7 Å². The molecule has 0 saturated heterocycles. The van der Waals surface area contributed by atoms with Crippen molar-refractivity contribution in [3.05, 3.63) is 29.8 Å². The van der Waals surface area contributed by atoms with Crippen molar-refractivity contribution in [3.8, 4) is 5.75 Å². The van der Waals surface area contributed by atoms with Gasteiger partial charge in [0.05, 0.1) is 6.54 Å². The molecule has 0 bridgehead atoms. The predicted molar refractivity (Wildman–Crippen MR) is 86.5 cm³/mol. The van der Waals surface area contributed by atoms with E-state index in [1.807, 2.05) is 12.1 Å². The van der Waals surface area contributed by atoms with Gasteiger partial charge in [-0.15, -0.1) is 0 Å². The first-order chi connectivity index (χ1) is 10.4. The zero-order valence-corrected chi connectivity index (χ0v) is 14.2. The Labute approximate surface area is 136 Å². The standard InChI is InChI=1S/C17H25NO5/c1-11(14(19)18-10-17(5,22)15(20)21)23-13-8-6-12(7-9-13)16(2,3)4/h6-9,11,22H,10H2,1-5H3,(H,18,19)(H,20,21). The molecule has 6 nitrogen and oxygen atoms in total. The van der Waals surface area contributed by atoms with Crippen LogP contribution in [0.1, 0.15) is 40.2 Å². The summed E-state index contributed by atoms with van der Waals surface area (Å²) in [6.45, 7) is 8.60. The molecule has 0 radical (unpaired) electrons. The number of nitrogens with one attached hydrogen (secondary N) is 1. The van der Waals surface area contributed by atoms with Crippen LogP contribution in [0, 0.1) is 0 Å². The van der Waals surface area contributed by atoms with E-state index in [0.717, 1.165) is 12.5 Å². The Hall–Kier alpha value is -2.08. The van der Waals surface area contributed by atoms with Crippen molar-refractivity contribution in [1.29, 1.82) is 0 Å². The molecule has 0 aliphatic rings. The van der Waals surface area contributed by atoms with E-state index in [2.05, 4.69) is 26.1 Å². The smallest absolute Gasteiger partial charge is 0.337 e. The average molecular weight is 323 g/mol. The summed E-state index contributed by atoms with van der Waals surface area (Å²) < 4.78 is 5.53. The van der Waals surface area contributed by atoms with Crippen LogP contribution in [0.4, 0.5) is 0 Å². The number of hydrogen-bond donors (Lipinski definition) is 3. The van der Waals surface area contributed by atoms with Gasteiger partial charge in [-0.3, -0.25) is 4.79 Å². The molecule has 1 amide bonds. The van der Waals surface area contributed by atoms with Crippen molar-refractivity contribution in [1.82, 2.24) is 5.32 Å². The van der Waals surface area contributed by atoms with Crippen molar-refractivity contribution < 1.29 is 24.5 Å². The fraction of sp³-hybridized carbons (Fsp3) is 0.529. The largest absolute Gasteiger partial charge is 0.481 e. The molecule has 6 heteroatoms. The molecule has 1 aromatic carbocycles. The third kappa shape index (κ3) is 5.56. The molecule has 0 aromatic heterocycles. The fourth-order valence-corrected chi connectivity index (χ4v) is 1.77. The number of aliphatic hydroxyl groups is 1. The molecule has 1 rings (SSSR count). The number of aliphatic carboxylic acids is 1. The van der Waals surface area contributed by atoms with Crippen molar-refractivity contribution in [2.45, 2.75) is 51.7 Å². The fourth-order valence-electron chi connectivity index (χ4n) is 1.77. The van der Waals surface area contributed by atoms with Gasteiger partial charge in [-0.2, -0.15) is 0 Å². The van der Waals surface area contributed by atoms with E-state index >= 15 is 0 Å². The van der Waals surface area contributed by atoms with Gasteiger partial charge in [-0.1, -0.05) is 32.9 Å². The normalized spacial score (nSPS) is 15.4. The van der Waals surface area contributed by atoms with E-state index in [1.54, 1.807) is 19.1 Å². The van der Waals surface area contributed by atoms with Crippen LogP contribution < -0.4 is 10.1 Å². The van der Waals surface area contributed by atoms with Gasteiger partial charge in [0.25, 0.3) is 5.91 Å². The molecule has 3 N–H and O–H groups in total. The molecule has 2 atom stereocenters. The SMILES string of the molecule is CC(Oc1ccc(C(C)(C)C)cc1)C(=O)NCC(C)(O)C(=O)O. The van der Waals surface area contributed by atoms with Crippen LogP contribution in [-0.4, -0.2) is 40.3 Å². The Morgan fingerprint density at radius 3 is 2.13 bits per heavy atom. The summed E-state index contributed by atoms with van der Waals surface area (Å²) in [4.78, 5) is 22.7. The maximum Gasteiger partial charge on any atom is 0.337 e. The molecule has 0 saturated carbocycles. The molecule has 0 aliphatic heterocycles. The van der Waals surface area contributed by atoms with E-state index < -0.39 is 30.1 Å². The highest BCUT2D eigenvalue weighted by Crippen LogP contribution is 2.24. The lowest BCUT2D eigenvalue weighted by Crippen LogP contribution is -2.49. The van der Waals surface area contributed by atoms with Gasteiger partial charge in [-0.25, -0.2) is 4.79 Å². The quantitative estimate of drug-likeness (QED) is 0.740. The predicted octanol–water partition coefficient (Wildman–Crippen LogP) is 1.70. The van der Waals surface area contributed by atoms with Crippen LogP contribution >= 0.6 is 0 Å². The van der Waals surface area contributed by atoms with Crippen molar-refractivity contribution in [3.63, 3.8) is 0 Å². The highest BCUT2D eigenvalue weighted by Gasteiger charge is 2.31.